The zero-order chi connectivity index (χ0) is 21.3. The summed E-state index contributed by atoms with van der Waals surface area (Å²) in [6.07, 6.45) is 6.75. The van der Waals surface area contributed by atoms with Crippen LogP contribution >= 0.6 is 0 Å². The maximum Gasteiger partial charge on any atom is 0.191 e. The Morgan fingerprint density at radius 2 is 1.84 bits per heavy atom. The third kappa shape index (κ3) is 6.22. The number of ether oxygens (including phenoxy) is 2. The second-order valence-electron chi connectivity index (χ2n) is 8.80. The lowest BCUT2D eigenvalue weighted by Gasteiger charge is -2.38. The third-order valence-corrected chi connectivity index (χ3v) is 6.89. The van der Waals surface area contributed by atoms with Crippen molar-refractivity contribution in [1.82, 2.24) is 20.4 Å². The smallest absolute Gasteiger partial charge is 0.191 e. The van der Waals surface area contributed by atoms with Crippen LogP contribution in [-0.2, 0) is 9.47 Å². The van der Waals surface area contributed by atoms with Crippen molar-refractivity contribution >= 4 is 5.96 Å². The van der Waals surface area contributed by atoms with Crippen LogP contribution in [0.2, 0.25) is 0 Å². The predicted molar refractivity (Wildman–Crippen MR) is 121 cm³/mol. The zero-order valence-corrected chi connectivity index (χ0v) is 18.9. The molecule has 0 spiro atoms. The molecule has 1 aromatic heterocycles. The molecule has 0 aliphatic carbocycles. The fraction of sp³-hybridized carbons (Fsp3) is 0.783. The van der Waals surface area contributed by atoms with Crippen LogP contribution in [0.5, 0.6) is 0 Å². The van der Waals surface area contributed by atoms with Gasteiger partial charge in [0.1, 0.15) is 5.76 Å². The van der Waals surface area contributed by atoms with E-state index in [1.165, 1.54) is 19.3 Å². The summed E-state index contributed by atoms with van der Waals surface area (Å²) in [7, 11) is 1.85. The van der Waals surface area contributed by atoms with Crippen LogP contribution in [0.4, 0.5) is 0 Å². The number of nitrogens with zero attached hydrogens (tertiary/aromatic N) is 3. The molecule has 8 nitrogen and oxygen atoms in total. The van der Waals surface area contributed by atoms with Crippen LogP contribution in [0.15, 0.2) is 27.8 Å². The van der Waals surface area contributed by atoms with Crippen LogP contribution in [-0.4, -0.2) is 94.5 Å². The van der Waals surface area contributed by atoms with Gasteiger partial charge in [-0.25, -0.2) is 0 Å². The van der Waals surface area contributed by atoms with Crippen molar-refractivity contribution < 1.29 is 13.9 Å². The summed E-state index contributed by atoms with van der Waals surface area (Å²) in [5.41, 5.74) is 0. The van der Waals surface area contributed by atoms with Crippen LogP contribution in [0.25, 0.3) is 0 Å². The van der Waals surface area contributed by atoms with E-state index in [-0.39, 0.29) is 6.04 Å². The Kier molecular flexibility index (Phi) is 8.63. The molecule has 2 N–H and O–H groups in total. The van der Waals surface area contributed by atoms with E-state index < -0.39 is 0 Å². The molecule has 3 saturated heterocycles. The second-order valence-corrected chi connectivity index (χ2v) is 8.80. The lowest BCUT2D eigenvalue weighted by atomic mass is 9.97. The van der Waals surface area contributed by atoms with E-state index in [4.69, 9.17) is 13.9 Å². The highest BCUT2D eigenvalue weighted by molar-refractivity contribution is 5.79. The molecule has 0 bridgehead atoms. The number of furan rings is 1. The lowest BCUT2D eigenvalue weighted by molar-refractivity contribution is 0.00246. The minimum absolute atomic E-state index is 0.229. The number of rotatable bonds is 8. The number of morpholine rings is 1. The molecule has 3 aliphatic rings. The summed E-state index contributed by atoms with van der Waals surface area (Å²) in [6, 6.07) is 4.74. The second kappa shape index (κ2) is 11.9. The summed E-state index contributed by atoms with van der Waals surface area (Å²) in [6.45, 7) is 9.24. The number of aliphatic imine (C=N–C) groups is 1. The first-order valence-corrected chi connectivity index (χ1v) is 12.0. The number of piperidine rings is 1. The Morgan fingerprint density at radius 1 is 1.03 bits per heavy atom. The topological polar surface area (TPSA) is 74.5 Å². The van der Waals surface area contributed by atoms with Crippen LogP contribution in [0.1, 0.15) is 37.5 Å². The molecule has 3 unspecified atom stereocenters. The van der Waals surface area contributed by atoms with Gasteiger partial charge in [-0.3, -0.25) is 14.8 Å². The maximum absolute atomic E-state index is 5.79. The van der Waals surface area contributed by atoms with Gasteiger partial charge in [0, 0.05) is 51.8 Å². The van der Waals surface area contributed by atoms with E-state index in [2.05, 4.69) is 31.5 Å². The summed E-state index contributed by atoms with van der Waals surface area (Å²) >= 11 is 0. The third-order valence-electron chi connectivity index (χ3n) is 6.89. The van der Waals surface area contributed by atoms with Crippen molar-refractivity contribution in [2.45, 2.75) is 37.8 Å². The first kappa shape index (κ1) is 22.6. The van der Waals surface area contributed by atoms with Crippen molar-refractivity contribution in [3.8, 4) is 0 Å². The SMILES string of the molecule is CN=C(NCC(c1ccco1)N1CCCCC1)NCC(C1CCOC1)N1CCOCC1. The van der Waals surface area contributed by atoms with Crippen molar-refractivity contribution in [3.63, 3.8) is 0 Å². The number of hydrogen-bond donors (Lipinski definition) is 2. The van der Waals surface area contributed by atoms with E-state index in [9.17, 15) is 0 Å². The molecule has 8 heteroatoms. The average molecular weight is 434 g/mol. The predicted octanol–water partition coefficient (Wildman–Crippen LogP) is 1.71. The van der Waals surface area contributed by atoms with E-state index in [1.54, 1.807) is 6.26 Å². The molecule has 0 aromatic carbocycles. The minimum Gasteiger partial charge on any atom is -0.468 e. The van der Waals surface area contributed by atoms with Crippen molar-refractivity contribution in [2.24, 2.45) is 10.9 Å². The van der Waals surface area contributed by atoms with Gasteiger partial charge in [0.05, 0.1) is 32.1 Å². The Morgan fingerprint density at radius 3 is 2.52 bits per heavy atom. The van der Waals surface area contributed by atoms with Gasteiger partial charge < -0.3 is 24.5 Å². The Hall–Kier alpha value is -1.61. The van der Waals surface area contributed by atoms with Gasteiger partial charge in [-0.2, -0.15) is 0 Å². The van der Waals surface area contributed by atoms with Crippen molar-refractivity contribution in [1.29, 1.82) is 0 Å². The van der Waals surface area contributed by atoms with Gasteiger partial charge >= 0.3 is 0 Å². The molecule has 1 aromatic rings. The quantitative estimate of drug-likeness (QED) is 0.478. The summed E-state index contributed by atoms with van der Waals surface area (Å²) < 4.78 is 17.1. The van der Waals surface area contributed by atoms with Crippen molar-refractivity contribution in [2.75, 3.05) is 72.7 Å². The van der Waals surface area contributed by atoms with Crippen LogP contribution in [0.3, 0.4) is 0 Å². The number of guanidine groups is 1. The summed E-state index contributed by atoms with van der Waals surface area (Å²) in [4.78, 5) is 9.60. The molecular formula is C23H39N5O3. The van der Waals surface area contributed by atoms with E-state index in [0.29, 0.717) is 12.0 Å². The molecule has 4 heterocycles. The number of likely N-dealkylation sites (tertiary alicyclic amines) is 1. The molecule has 0 saturated carbocycles. The van der Waals surface area contributed by atoms with Crippen LogP contribution in [0, 0.1) is 5.92 Å². The van der Waals surface area contributed by atoms with Gasteiger partial charge in [0.25, 0.3) is 0 Å². The average Bonchev–Trinajstić information content (AvgIpc) is 3.54. The van der Waals surface area contributed by atoms with E-state index in [0.717, 1.165) is 83.8 Å². The normalized spacial score (nSPS) is 26.0. The zero-order valence-electron chi connectivity index (χ0n) is 18.9. The Labute approximate surface area is 186 Å². The fourth-order valence-corrected chi connectivity index (χ4v) is 5.09. The summed E-state index contributed by atoms with van der Waals surface area (Å²) in [5, 5.41) is 7.17. The molecule has 3 atom stereocenters. The van der Waals surface area contributed by atoms with Gasteiger partial charge in [-0.1, -0.05) is 6.42 Å². The highest BCUT2D eigenvalue weighted by atomic mass is 16.5. The standard InChI is InChI=1S/C23H39N5O3/c1-24-23(25-16-20(19-7-13-30-18-19)28-10-14-29-15-11-28)26-17-21(22-6-5-12-31-22)27-8-3-2-4-9-27/h5-6,12,19-21H,2-4,7-11,13-18H2,1H3,(H2,24,25,26). The molecule has 31 heavy (non-hydrogen) atoms. The largest absolute Gasteiger partial charge is 0.468 e. The molecule has 3 fully saturated rings. The van der Waals surface area contributed by atoms with Crippen LogP contribution < -0.4 is 10.6 Å². The minimum atomic E-state index is 0.229. The Bertz CT molecular complexity index is 650. The monoisotopic (exact) mass is 433 g/mol. The molecule has 0 amide bonds. The highest BCUT2D eigenvalue weighted by Gasteiger charge is 2.32. The van der Waals surface area contributed by atoms with E-state index >= 15 is 0 Å². The van der Waals surface area contributed by atoms with Gasteiger partial charge in [-0.05, 0) is 44.5 Å². The van der Waals surface area contributed by atoms with Gasteiger partial charge in [0.2, 0.25) is 0 Å². The van der Waals surface area contributed by atoms with Crippen molar-refractivity contribution in [3.05, 3.63) is 24.2 Å². The first-order chi connectivity index (χ1) is 15.3. The lowest BCUT2D eigenvalue weighted by Crippen LogP contribution is -2.54. The molecular weight excluding hydrogens is 394 g/mol. The molecule has 4 rings (SSSR count). The maximum atomic E-state index is 5.79. The van der Waals surface area contributed by atoms with Gasteiger partial charge in [-0.15, -0.1) is 0 Å². The highest BCUT2D eigenvalue weighted by Crippen LogP contribution is 2.25. The molecule has 3 aliphatic heterocycles. The number of nitrogens with one attached hydrogen (secondary N) is 2. The fourth-order valence-electron chi connectivity index (χ4n) is 5.09. The first-order valence-electron chi connectivity index (χ1n) is 12.0. The number of hydrogen-bond acceptors (Lipinski definition) is 6. The molecule has 0 radical (unpaired) electrons. The van der Waals surface area contributed by atoms with Gasteiger partial charge in [0.15, 0.2) is 5.96 Å². The Balaban J connectivity index is 1.34. The van der Waals surface area contributed by atoms with E-state index in [1.807, 2.05) is 13.1 Å². The molecule has 174 valence electrons. The summed E-state index contributed by atoms with van der Waals surface area (Å²) in [5.74, 6) is 2.44.